The molecule has 0 saturated heterocycles. The Hall–Kier alpha value is -3.35. The molecule has 4 rings (SSSR count). The second-order valence-electron chi connectivity index (χ2n) is 5.84. The first kappa shape index (κ1) is 16.1. The van der Waals surface area contributed by atoms with Crippen LogP contribution in [0.25, 0.3) is 11.5 Å². The quantitative estimate of drug-likeness (QED) is 0.760. The van der Waals surface area contributed by atoms with Gasteiger partial charge >= 0.3 is 0 Å². The fourth-order valence-corrected chi connectivity index (χ4v) is 2.62. The van der Waals surface area contributed by atoms with Crippen LogP contribution >= 0.6 is 0 Å². The van der Waals surface area contributed by atoms with Gasteiger partial charge in [-0.25, -0.2) is 0 Å². The Labute approximate surface area is 149 Å². The van der Waals surface area contributed by atoms with E-state index in [4.69, 9.17) is 14.0 Å². The highest BCUT2D eigenvalue weighted by Crippen LogP contribution is 2.35. The summed E-state index contributed by atoms with van der Waals surface area (Å²) in [6.07, 6.45) is 0.984. The minimum Gasteiger partial charge on any atom is -0.454 e. The number of nitrogens with zero attached hydrogens (tertiary/aromatic N) is 2. The van der Waals surface area contributed by atoms with Gasteiger partial charge in [0.2, 0.25) is 6.79 Å². The number of rotatable bonds is 5. The average Bonchev–Trinajstić information content (AvgIpc) is 3.35. The smallest absolute Gasteiger partial charge is 0.292 e. The number of fused-ring (bicyclic) bond motifs is 1. The van der Waals surface area contributed by atoms with Crippen molar-refractivity contribution in [1.82, 2.24) is 15.5 Å². The fraction of sp³-hybridized carbons (Fsp3) is 0.211. The highest BCUT2D eigenvalue weighted by Gasteiger charge is 2.19. The maximum atomic E-state index is 12.2. The van der Waals surface area contributed by atoms with Crippen LogP contribution in [0.4, 0.5) is 0 Å². The lowest BCUT2D eigenvalue weighted by atomic mass is 10.1. The van der Waals surface area contributed by atoms with Crippen LogP contribution in [0.3, 0.4) is 0 Å². The summed E-state index contributed by atoms with van der Waals surface area (Å²) in [5.74, 6) is 1.13. The molecule has 2 aromatic carbocycles. The van der Waals surface area contributed by atoms with E-state index < -0.39 is 0 Å². The topological polar surface area (TPSA) is 86.5 Å². The number of hydrogen-bond donors (Lipinski definition) is 1. The standard InChI is InChI=1S/C19H17N3O4/c1-2-12-3-5-13(6-4-12)10-20-18(23)17-21-19(26-22-17)14-7-8-15-16(9-14)25-11-24-15/h3-9H,2,10-11H2,1H3,(H,20,23). The lowest BCUT2D eigenvalue weighted by Crippen LogP contribution is -2.23. The zero-order valence-corrected chi connectivity index (χ0v) is 14.2. The number of hydrogen-bond acceptors (Lipinski definition) is 6. The third-order valence-corrected chi connectivity index (χ3v) is 4.13. The van der Waals surface area contributed by atoms with Crippen molar-refractivity contribution in [3.05, 3.63) is 59.4 Å². The van der Waals surface area contributed by atoms with Gasteiger partial charge in [0.1, 0.15) is 0 Å². The van der Waals surface area contributed by atoms with E-state index >= 15 is 0 Å². The van der Waals surface area contributed by atoms with Crippen LogP contribution in [0.2, 0.25) is 0 Å². The van der Waals surface area contributed by atoms with Crippen molar-refractivity contribution >= 4 is 5.91 Å². The maximum Gasteiger partial charge on any atom is 0.292 e. The first-order valence-electron chi connectivity index (χ1n) is 8.32. The molecular formula is C19H17N3O4. The van der Waals surface area contributed by atoms with E-state index in [-0.39, 0.29) is 24.4 Å². The number of aryl methyl sites for hydroxylation is 1. The van der Waals surface area contributed by atoms with Crippen LogP contribution in [-0.2, 0) is 13.0 Å². The van der Waals surface area contributed by atoms with Crippen molar-refractivity contribution in [1.29, 1.82) is 0 Å². The molecule has 132 valence electrons. The Bertz CT molecular complexity index is 934. The number of amides is 1. The molecule has 3 aromatic rings. The Kier molecular flexibility index (Phi) is 4.27. The summed E-state index contributed by atoms with van der Waals surface area (Å²) in [6, 6.07) is 13.4. The molecule has 1 aliphatic heterocycles. The lowest BCUT2D eigenvalue weighted by Gasteiger charge is -2.03. The van der Waals surface area contributed by atoms with Crippen LogP contribution in [0.5, 0.6) is 11.5 Å². The average molecular weight is 351 g/mol. The molecule has 1 aliphatic rings. The minimum absolute atomic E-state index is 0.0113. The molecule has 0 spiro atoms. The molecule has 1 aromatic heterocycles. The lowest BCUT2D eigenvalue weighted by molar-refractivity contribution is 0.0937. The molecule has 7 nitrogen and oxygen atoms in total. The third-order valence-electron chi connectivity index (χ3n) is 4.13. The second-order valence-corrected chi connectivity index (χ2v) is 5.84. The molecule has 0 unspecified atom stereocenters. The second kappa shape index (κ2) is 6.87. The van der Waals surface area contributed by atoms with E-state index in [2.05, 4.69) is 22.4 Å². The van der Waals surface area contributed by atoms with Gasteiger partial charge < -0.3 is 19.3 Å². The number of ether oxygens (including phenoxy) is 2. The molecule has 26 heavy (non-hydrogen) atoms. The van der Waals surface area contributed by atoms with Gasteiger partial charge in [-0.2, -0.15) is 4.98 Å². The Morgan fingerprint density at radius 1 is 1.08 bits per heavy atom. The van der Waals surface area contributed by atoms with Crippen molar-refractivity contribution in [2.45, 2.75) is 19.9 Å². The first-order valence-corrected chi connectivity index (χ1v) is 8.32. The molecular weight excluding hydrogens is 334 g/mol. The van der Waals surface area contributed by atoms with E-state index in [1.807, 2.05) is 24.3 Å². The normalized spacial score (nSPS) is 12.2. The Balaban J connectivity index is 1.42. The van der Waals surface area contributed by atoms with Gasteiger partial charge in [-0.05, 0) is 35.7 Å². The van der Waals surface area contributed by atoms with Crippen LogP contribution in [-0.4, -0.2) is 22.8 Å². The summed E-state index contributed by atoms with van der Waals surface area (Å²) in [4.78, 5) is 16.4. The van der Waals surface area contributed by atoms with Gasteiger partial charge in [0.25, 0.3) is 17.6 Å². The van der Waals surface area contributed by atoms with Crippen molar-refractivity contribution in [3.63, 3.8) is 0 Å². The predicted molar refractivity (Wildman–Crippen MR) is 92.8 cm³/mol. The summed E-state index contributed by atoms with van der Waals surface area (Å²) in [6.45, 7) is 2.69. The van der Waals surface area contributed by atoms with Crippen molar-refractivity contribution in [2.75, 3.05) is 6.79 Å². The first-order chi connectivity index (χ1) is 12.7. The highest BCUT2D eigenvalue weighted by atomic mass is 16.7. The van der Waals surface area contributed by atoms with Crippen LogP contribution in [0.15, 0.2) is 47.0 Å². The Morgan fingerprint density at radius 3 is 2.65 bits per heavy atom. The largest absolute Gasteiger partial charge is 0.454 e. The molecule has 1 amide bonds. The summed E-state index contributed by atoms with van der Waals surface area (Å²) < 4.78 is 15.8. The van der Waals surface area contributed by atoms with Gasteiger partial charge in [0.15, 0.2) is 11.5 Å². The molecule has 1 N–H and O–H groups in total. The summed E-state index contributed by atoms with van der Waals surface area (Å²) in [7, 11) is 0. The van der Waals surface area contributed by atoms with Gasteiger partial charge in [-0.3, -0.25) is 4.79 Å². The van der Waals surface area contributed by atoms with Gasteiger partial charge in [0, 0.05) is 12.1 Å². The van der Waals surface area contributed by atoms with E-state index in [0.717, 1.165) is 12.0 Å². The predicted octanol–water partition coefficient (Wildman–Crippen LogP) is 2.96. The molecule has 0 radical (unpaired) electrons. The van der Waals surface area contributed by atoms with Gasteiger partial charge in [-0.15, -0.1) is 0 Å². The minimum atomic E-state index is -0.389. The number of aromatic nitrogens is 2. The number of nitrogens with one attached hydrogen (secondary N) is 1. The van der Waals surface area contributed by atoms with Gasteiger partial charge in [0.05, 0.1) is 0 Å². The number of benzene rings is 2. The van der Waals surface area contributed by atoms with E-state index in [0.29, 0.717) is 23.6 Å². The Morgan fingerprint density at radius 2 is 1.85 bits per heavy atom. The molecule has 0 atom stereocenters. The van der Waals surface area contributed by atoms with E-state index in [9.17, 15) is 4.79 Å². The monoisotopic (exact) mass is 351 g/mol. The highest BCUT2D eigenvalue weighted by molar-refractivity contribution is 5.90. The van der Waals surface area contributed by atoms with E-state index in [1.165, 1.54) is 5.56 Å². The molecule has 0 bridgehead atoms. The maximum absolute atomic E-state index is 12.2. The number of carbonyl (C=O) groups excluding carboxylic acids is 1. The van der Waals surface area contributed by atoms with Crippen LogP contribution in [0.1, 0.15) is 28.7 Å². The van der Waals surface area contributed by atoms with Crippen molar-refractivity contribution < 1.29 is 18.8 Å². The molecule has 0 saturated carbocycles. The summed E-state index contributed by atoms with van der Waals surface area (Å²) in [5, 5.41) is 6.55. The molecule has 2 heterocycles. The third kappa shape index (κ3) is 3.23. The van der Waals surface area contributed by atoms with Crippen molar-refractivity contribution in [2.24, 2.45) is 0 Å². The molecule has 0 aliphatic carbocycles. The van der Waals surface area contributed by atoms with Gasteiger partial charge in [-0.1, -0.05) is 36.3 Å². The molecule has 0 fully saturated rings. The van der Waals surface area contributed by atoms with Crippen molar-refractivity contribution in [3.8, 4) is 23.0 Å². The SMILES string of the molecule is CCc1ccc(CNC(=O)c2noc(-c3ccc4c(c3)OCO4)n2)cc1. The summed E-state index contributed by atoms with van der Waals surface area (Å²) >= 11 is 0. The van der Waals surface area contributed by atoms with Crippen LogP contribution in [0, 0.1) is 0 Å². The zero-order valence-electron chi connectivity index (χ0n) is 14.2. The summed E-state index contributed by atoms with van der Waals surface area (Å²) in [5.41, 5.74) is 2.93. The number of carbonyl (C=O) groups is 1. The fourth-order valence-electron chi connectivity index (χ4n) is 2.62. The zero-order chi connectivity index (χ0) is 17.9. The van der Waals surface area contributed by atoms with E-state index in [1.54, 1.807) is 18.2 Å². The van der Waals surface area contributed by atoms with Crippen LogP contribution < -0.4 is 14.8 Å². The molecule has 7 heteroatoms.